The third kappa shape index (κ3) is 12.6. The van der Waals surface area contributed by atoms with Crippen LogP contribution < -0.4 is 14.2 Å². The summed E-state index contributed by atoms with van der Waals surface area (Å²) < 4.78 is 75.9. The van der Waals surface area contributed by atoms with Gasteiger partial charge in [-0.3, -0.25) is 14.2 Å². The summed E-state index contributed by atoms with van der Waals surface area (Å²) in [5.74, 6) is 13.0. The fourth-order valence-electron chi connectivity index (χ4n) is 6.70. The molecule has 330 valence electrons. The monoisotopic (exact) mass is 925 g/mol. The predicted molar refractivity (Wildman–Crippen MR) is 259 cm³/mol. The molecule has 6 aromatic carbocycles. The van der Waals surface area contributed by atoms with Gasteiger partial charge in [0.15, 0.2) is 11.6 Å². The summed E-state index contributed by atoms with van der Waals surface area (Å²) in [6.07, 6.45) is 3.31. The Morgan fingerprint density at radius 1 is 0.508 bits per heavy atom. The third-order valence-corrected chi connectivity index (χ3v) is 11.2. The molecule has 14 nitrogen and oxygen atoms in total. The highest BCUT2D eigenvalue weighted by Crippen LogP contribution is 2.33. The average Bonchev–Trinajstić information content (AvgIpc) is 3.84. The van der Waals surface area contributed by atoms with E-state index in [0.717, 1.165) is 74.2 Å². The van der Waals surface area contributed by atoms with Crippen molar-refractivity contribution in [2.24, 2.45) is 0 Å². The highest BCUT2D eigenvalue weighted by molar-refractivity contribution is 7.92. The van der Waals surface area contributed by atoms with Crippen LogP contribution in [0.1, 0.15) is 42.2 Å². The Morgan fingerprint density at radius 2 is 0.923 bits per heavy atom. The molecule has 6 N–H and O–H groups in total. The van der Waals surface area contributed by atoms with E-state index < -0.39 is 35.7 Å². The number of H-pyrrole nitrogens is 2. The molecule has 0 saturated heterocycles. The van der Waals surface area contributed by atoms with Crippen LogP contribution in [0.15, 0.2) is 133 Å². The van der Waals surface area contributed by atoms with Crippen LogP contribution in [0.4, 0.5) is 17.1 Å². The Kier molecular flexibility index (Phi) is 12.9. The molecule has 0 saturated carbocycles. The molecule has 8 rings (SSSR count). The van der Waals surface area contributed by atoms with Crippen molar-refractivity contribution in [2.45, 2.75) is 19.4 Å². The molecule has 0 aliphatic rings. The fourth-order valence-corrected chi connectivity index (χ4v) is 8.40. The topological polar surface area (TPSA) is 216 Å². The molecule has 0 amide bonds. The van der Waals surface area contributed by atoms with Crippen LogP contribution in [-0.4, -0.2) is 69.1 Å². The molecule has 0 unspecified atom stereocenters. The second-order valence-electron chi connectivity index (χ2n) is 15.6. The van der Waals surface area contributed by atoms with E-state index in [4.69, 9.17) is 0 Å². The molecular weight excluding hydrogens is 883 g/mol. The van der Waals surface area contributed by atoms with E-state index in [2.05, 4.69) is 57.8 Å². The number of imidazole rings is 2. The minimum atomic E-state index is -3.41. The quantitative estimate of drug-likeness (QED) is 0.0785. The number of para-hydroxylation sites is 1. The van der Waals surface area contributed by atoms with Gasteiger partial charge in [0.2, 0.25) is 30.1 Å². The van der Waals surface area contributed by atoms with E-state index in [1.807, 2.05) is 72.8 Å². The number of hydrogen-bond donors (Lipinski definition) is 6. The van der Waals surface area contributed by atoms with Crippen LogP contribution in [0.2, 0.25) is 0 Å². The first-order valence-electron chi connectivity index (χ1n) is 19.7. The van der Waals surface area contributed by atoms with Gasteiger partial charge in [-0.15, -0.1) is 0 Å². The summed E-state index contributed by atoms with van der Waals surface area (Å²) in [5.41, 5.74) is 9.44. The van der Waals surface area contributed by atoms with E-state index in [0.29, 0.717) is 34.3 Å². The van der Waals surface area contributed by atoms with E-state index in [1.54, 1.807) is 74.5 Å². The maximum absolute atomic E-state index is 11.7. The van der Waals surface area contributed by atoms with Crippen LogP contribution in [0, 0.1) is 23.7 Å². The smallest absolute Gasteiger partial charge is 0.229 e. The van der Waals surface area contributed by atoms with Gasteiger partial charge in [-0.2, -0.15) is 0 Å². The van der Waals surface area contributed by atoms with Gasteiger partial charge < -0.3 is 15.1 Å². The molecule has 8 aromatic rings. The number of aromatic amines is 2. The minimum Gasteiger partial charge on any atom is -0.386 e. The first kappa shape index (κ1) is 45.6. The van der Waals surface area contributed by atoms with Crippen molar-refractivity contribution in [3.05, 3.63) is 162 Å². The van der Waals surface area contributed by atoms with Crippen LogP contribution in [0.5, 0.6) is 0 Å². The van der Waals surface area contributed by atoms with Gasteiger partial charge in [-0.1, -0.05) is 66.4 Å². The van der Waals surface area contributed by atoms with Crippen molar-refractivity contribution in [3.63, 3.8) is 0 Å². The lowest BCUT2D eigenvalue weighted by atomic mass is 9.89. The summed E-state index contributed by atoms with van der Waals surface area (Å²) >= 11 is 0. The van der Waals surface area contributed by atoms with E-state index >= 15 is 0 Å². The second-order valence-corrected chi connectivity index (χ2v) is 20.8. The fraction of sp³-hybridized carbons (Fsp3) is 0.125. The molecule has 2 heterocycles. The van der Waals surface area contributed by atoms with E-state index in [-0.39, 0.29) is 0 Å². The number of aromatic nitrogens is 4. The molecule has 0 aliphatic heterocycles. The molecule has 0 radical (unpaired) electrons. The molecule has 0 bridgehead atoms. The van der Waals surface area contributed by atoms with Crippen LogP contribution >= 0.6 is 0 Å². The number of nitrogens with one attached hydrogen (secondary N) is 5. The van der Waals surface area contributed by atoms with Gasteiger partial charge in [0, 0.05) is 28.1 Å². The van der Waals surface area contributed by atoms with Crippen molar-refractivity contribution >= 4 is 69.2 Å². The first-order chi connectivity index (χ1) is 30.6. The van der Waals surface area contributed by atoms with Gasteiger partial charge in [0.1, 0.15) is 0 Å². The number of hydrogen-bond acceptors (Lipinski definition) is 9. The number of rotatable bonds is 9. The van der Waals surface area contributed by atoms with Crippen LogP contribution in [-0.2, 0) is 35.7 Å². The van der Waals surface area contributed by atoms with Crippen molar-refractivity contribution < 1.29 is 30.4 Å². The Hall–Kier alpha value is -7.41. The van der Waals surface area contributed by atoms with Gasteiger partial charge in [-0.25, -0.2) is 35.2 Å². The SMILES string of the molecule is CC(C)(O)c1ccccc1-c1ccc2nc(C#Cc3ccc(NS(C)(=O)=O)cc3)[nH]c2c1.CS(=O)(=O)Nc1ccc(C#Cc2nc3ccc(-c4ccccc4NS(C)(=O)=O)cc3[nH]2)cc1. The largest absolute Gasteiger partial charge is 0.386 e. The number of aliphatic hydroxyl groups is 1. The lowest BCUT2D eigenvalue weighted by Gasteiger charge is -2.21. The van der Waals surface area contributed by atoms with Gasteiger partial charge in [-0.05, 0) is 127 Å². The maximum atomic E-state index is 11.7. The second kappa shape index (κ2) is 18.4. The van der Waals surface area contributed by atoms with Crippen molar-refractivity contribution in [3.8, 4) is 45.9 Å². The normalized spacial score (nSPS) is 11.7. The summed E-state index contributed by atoms with van der Waals surface area (Å²) in [5, 5.41) is 10.5. The first-order valence-corrected chi connectivity index (χ1v) is 25.4. The zero-order valence-corrected chi connectivity index (χ0v) is 38.2. The molecule has 0 spiro atoms. The summed E-state index contributed by atoms with van der Waals surface area (Å²) in [4.78, 5) is 15.4. The molecule has 2 aromatic heterocycles. The number of nitrogens with zero attached hydrogens (tertiary/aromatic N) is 2. The standard InChI is InChI=1S/C25H23N3O3S.C23H20N4O4S2/c1-25(2,29)21-7-5-4-6-20(21)18-11-14-22-23(16-18)27-24(26-22)15-10-17-8-12-19(13-9-17)28-32(3,30)31;1-32(28,29)26-18-11-7-16(8-12-18)9-14-23-24-21-13-10-17(15-22(21)25-23)19-5-3-4-6-20(19)27-33(2,30)31/h4-9,11-14,16,28-29H,1-3H3,(H,26,27);3-8,10-13,15,26-27H,1-2H3,(H,24,25). The molecular formula is C48H43N7O7S3. The van der Waals surface area contributed by atoms with E-state index in [1.165, 1.54) is 0 Å². The lowest BCUT2D eigenvalue weighted by molar-refractivity contribution is 0.0792. The predicted octanol–water partition coefficient (Wildman–Crippen LogP) is 7.60. The van der Waals surface area contributed by atoms with Crippen molar-refractivity contribution in [1.82, 2.24) is 19.9 Å². The molecule has 65 heavy (non-hydrogen) atoms. The van der Waals surface area contributed by atoms with E-state index in [9.17, 15) is 30.4 Å². The zero-order chi connectivity index (χ0) is 46.6. The number of sulfonamides is 3. The Bertz CT molecular complexity index is 3540. The Balaban J connectivity index is 0.000000194. The van der Waals surface area contributed by atoms with Gasteiger partial charge >= 0.3 is 0 Å². The number of benzene rings is 6. The van der Waals surface area contributed by atoms with Gasteiger partial charge in [0.25, 0.3) is 0 Å². The third-order valence-electron chi connectivity index (χ3n) is 9.42. The van der Waals surface area contributed by atoms with Crippen LogP contribution in [0.25, 0.3) is 44.3 Å². The van der Waals surface area contributed by atoms with Crippen molar-refractivity contribution in [2.75, 3.05) is 32.9 Å². The summed E-state index contributed by atoms with van der Waals surface area (Å²) in [6, 6.07) is 40.0. The van der Waals surface area contributed by atoms with Crippen molar-refractivity contribution in [1.29, 1.82) is 0 Å². The minimum absolute atomic E-state index is 0.463. The van der Waals surface area contributed by atoms with Crippen LogP contribution in [0.3, 0.4) is 0 Å². The molecule has 17 heteroatoms. The maximum Gasteiger partial charge on any atom is 0.229 e. The number of anilines is 3. The number of fused-ring (bicyclic) bond motifs is 2. The van der Waals surface area contributed by atoms with Gasteiger partial charge in [0.05, 0.1) is 52.1 Å². The average molecular weight is 926 g/mol. The molecule has 0 aliphatic carbocycles. The zero-order valence-electron chi connectivity index (χ0n) is 35.7. The highest BCUT2D eigenvalue weighted by atomic mass is 32.2. The Labute approximate surface area is 377 Å². The summed E-state index contributed by atoms with van der Waals surface area (Å²) in [7, 11) is -10.1. The molecule has 0 atom stereocenters. The molecule has 0 fully saturated rings. The summed E-state index contributed by atoms with van der Waals surface area (Å²) in [6.45, 7) is 3.55. The highest BCUT2D eigenvalue weighted by Gasteiger charge is 2.20. The lowest BCUT2D eigenvalue weighted by Crippen LogP contribution is -2.16. The Morgan fingerprint density at radius 3 is 1.37 bits per heavy atom.